The molecule has 1 aliphatic rings. The maximum absolute atomic E-state index is 13.2. The number of hydrogen-bond donors (Lipinski definition) is 1. The van der Waals surface area contributed by atoms with Crippen LogP contribution in [0.5, 0.6) is 0 Å². The maximum atomic E-state index is 13.2. The molecule has 2 aromatic rings. The van der Waals surface area contributed by atoms with Gasteiger partial charge in [0.05, 0.1) is 5.56 Å². The van der Waals surface area contributed by atoms with Crippen LogP contribution in [0.15, 0.2) is 41.6 Å². The molecule has 160 valence electrons. The zero-order valence-corrected chi connectivity index (χ0v) is 17.7. The van der Waals surface area contributed by atoms with Crippen molar-refractivity contribution >= 4 is 23.6 Å². The van der Waals surface area contributed by atoms with Crippen LogP contribution >= 0.6 is 11.8 Å². The monoisotopic (exact) mass is 433 g/mol. The van der Waals surface area contributed by atoms with Crippen LogP contribution < -0.4 is 5.32 Å². The Labute approximate surface area is 179 Å². The minimum atomic E-state index is -0.924. The topological polar surface area (TPSA) is 62.3 Å². The van der Waals surface area contributed by atoms with Crippen LogP contribution in [-0.4, -0.2) is 41.0 Å². The summed E-state index contributed by atoms with van der Waals surface area (Å²) >= 11 is 1.45. The van der Waals surface area contributed by atoms with E-state index < -0.39 is 11.6 Å². The van der Waals surface area contributed by atoms with Crippen molar-refractivity contribution in [3.8, 4) is 0 Å². The number of carbonyl (C=O) groups excluding carboxylic acids is 2. The van der Waals surface area contributed by atoms with Gasteiger partial charge in [-0.05, 0) is 61.3 Å². The van der Waals surface area contributed by atoms with Gasteiger partial charge in [-0.2, -0.15) is 0 Å². The van der Waals surface area contributed by atoms with Gasteiger partial charge in [-0.3, -0.25) is 9.59 Å². The Kier molecular flexibility index (Phi) is 7.79. The Morgan fingerprint density at radius 1 is 1.27 bits per heavy atom. The summed E-state index contributed by atoms with van der Waals surface area (Å²) in [5, 5.41) is 3.46. The van der Waals surface area contributed by atoms with Gasteiger partial charge in [0.2, 0.25) is 5.91 Å². The molecule has 5 nitrogen and oxygen atoms in total. The van der Waals surface area contributed by atoms with Crippen LogP contribution in [0.1, 0.15) is 41.6 Å². The largest absolute Gasteiger partial charge is 0.352 e. The molecule has 2 amide bonds. The number of thioether (sulfide) groups is 1. The number of piperidine rings is 1. The molecule has 1 N–H and O–H groups in total. The molecule has 30 heavy (non-hydrogen) atoms. The predicted molar refractivity (Wildman–Crippen MR) is 112 cm³/mol. The van der Waals surface area contributed by atoms with Crippen molar-refractivity contribution in [1.82, 2.24) is 15.2 Å². The molecule has 0 saturated carbocycles. The number of aromatic nitrogens is 1. The Balaban J connectivity index is 1.48. The molecule has 1 aromatic carbocycles. The van der Waals surface area contributed by atoms with Crippen molar-refractivity contribution in [3.05, 3.63) is 59.3 Å². The summed E-state index contributed by atoms with van der Waals surface area (Å²) in [6.45, 7) is 1.49. The summed E-state index contributed by atoms with van der Waals surface area (Å²) in [4.78, 5) is 31.2. The van der Waals surface area contributed by atoms with Gasteiger partial charge in [-0.15, -0.1) is 11.8 Å². The molecule has 1 atom stereocenters. The second-order valence-electron chi connectivity index (χ2n) is 7.38. The summed E-state index contributed by atoms with van der Waals surface area (Å²) in [5.74, 6) is -1.73. The molecule has 8 heteroatoms. The van der Waals surface area contributed by atoms with E-state index in [9.17, 15) is 18.4 Å². The third-order valence-corrected chi connectivity index (χ3v) is 5.97. The lowest BCUT2D eigenvalue weighted by atomic mass is 9.93. The van der Waals surface area contributed by atoms with Crippen molar-refractivity contribution in [2.45, 2.75) is 37.3 Å². The average Bonchev–Trinajstić information content (AvgIpc) is 2.78. The van der Waals surface area contributed by atoms with Crippen LogP contribution in [0.4, 0.5) is 8.78 Å². The second-order valence-corrected chi connectivity index (χ2v) is 8.18. The van der Waals surface area contributed by atoms with Gasteiger partial charge in [-0.1, -0.05) is 6.07 Å². The molecular weight excluding hydrogens is 408 g/mol. The van der Waals surface area contributed by atoms with E-state index in [4.69, 9.17) is 0 Å². The summed E-state index contributed by atoms with van der Waals surface area (Å²) < 4.78 is 26.2. The highest BCUT2D eigenvalue weighted by atomic mass is 32.2. The lowest BCUT2D eigenvalue weighted by molar-refractivity contribution is -0.121. The van der Waals surface area contributed by atoms with E-state index in [1.54, 1.807) is 18.3 Å². The zero-order valence-electron chi connectivity index (χ0n) is 16.9. The second kappa shape index (κ2) is 10.5. The number of benzene rings is 1. The van der Waals surface area contributed by atoms with Gasteiger partial charge in [0.25, 0.3) is 5.91 Å². The molecular formula is C22H25F2N3O2S. The molecule has 1 unspecified atom stereocenters. The minimum absolute atomic E-state index is 0.0139. The molecule has 3 rings (SSSR count). The number of nitrogens with one attached hydrogen (secondary N) is 1. The smallest absolute Gasteiger partial charge is 0.256 e. The van der Waals surface area contributed by atoms with Gasteiger partial charge >= 0.3 is 0 Å². The first-order valence-corrected chi connectivity index (χ1v) is 11.2. The maximum Gasteiger partial charge on any atom is 0.256 e. The summed E-state index contributed by atoms with van der Waals surface area (Å²) in [6, 6.07) is 7.16. The van der Waals surface area contributed by atoms with E-state index in [1.165, 1.54) is 17.8 Å². The number of halogens is 2. The summed E-state index contributed by atoms with van der Waals surface area (Å²) in [6.07, 6.45) is 6.47. The van der Waals surface area contributed by atoms with E-state index >= 15 is 0 Å². The van der Waals surface area contributed by atoms with Gasteiger partial charge in [0, 0.05) is 32.3 Å². The Hall–Kier alpha value is -2.48. The Bertz CT molecular complexity index is 910. The van der Waals surface area contributed by atoms with E-state index in [2.05, 4.69) is 10.3 Å². The molecule has 1 fully saturated rings. The fraction of sp³-hybridized carbons (Fsp3) is 0.409. The Morgan fingerprint density at radius 2 is 2.10 bits per heavy atom. The molecule has 0 radical (unpaired) electrons. The molecule has 1 saturated heterocycles. The number of rotatable bonds is 7. The van der Waals surface area contributed by atoms with Crippen molar-refractivity contribution in [2.24, 2.45) is 5.92 Å². The van der Waals surface area contributed by atoms with E-state index in [1.807, 2.05) is 11.2 Å². The highest BCUT2D eigenvalue weighted by Crippen LogP contribution is 2.25. The van der Waals surface area contributed by atoms with Crippen molar-refractivity contribution < 1.29 is 18.4 Å². The number of hydrogen-bond acceptors (Lipinski definition) is 4. The SMILES string of the molecule is CSc1ncccc1C(=O)N1CCCC(CCC(=O)NCc2ccc(F)c(F)c2)C1. The standard InChI is InChI=1S/C22H25F2N3O2S/c1-30-21-17(5-2-10-25-21)22(29)27-11-3-4-15(14-27)7-9-20(28)26-13-16-6-8-18(23)19(24)12-16/h2,5-6,8,10,12,15H,3-4,7,9,11,13-14H2,1H3,(H,26,28). The highest BCUT2D eigenvalue weighted by molar-refractivity contribution is 7.98. The van der Waals surface area contributed by atoms with Gasteiger partial charge in [0.1, 0.15) is 5.03 Å². The fourth-order valence-electron chi connectivity index (χ4n) is 3.65. The molecule has 0 aliphatic carbocycles. The van der Waals surface area contributed by atoms with Gasteiger partial charge in [0.15, 0.2) is 11.6 Å². The molecule has 0 bridgehead atoms. The van der Waals surface area contributed by atoms with Crippen molar-refractivity contribution in [2.75, 3.05) is 19.3 Å². The number of amides is 2. The van der Waals surface area contributed by atoms with Crippen LogP contribution in [0.2, 0.25) is 0 Å². The van der Waals surface area contributed by atoms with E-state index in [-0.39, 0.29) is 24.3 Å². The number of pyridine rings is 1. The minimum Gasteiger partial charge on any atom is -0.352 e. The first-order chi connectivity index (χ1) is 14.5. The van der Waals surface area contributed by atoms with Gasteiger partial charge < -0.3 is 10.2 Å². The number of likely N-dealkylation sites (tertiary alicyclic amines) is 1. The number of nitrogens with zero attached hydrogens (tertiary/aromatic N) is 2. The molecule has 0 spiro atoms. The van der Waals surface area contributed by atoms with Crippen LogP contribution in [0.25, 0.3) is 0 Å². The van der Waals surface area contributed by atoms with Crippen molar-refractivity contribution in [1.29, 1.82) is 0 Å². The normalized spacial score (nSPS) is 16.4. The Morgan fingerprint density at radius 3 is 2.87 bits per heavy atom. The lowest BCUT2D eigenvalue weighted by Crippen LogP contribution is -2.40. The third-order valence-electron chi connectivity index (χ3n) is 5.25. The molecule has 1 aliphatic heterocycles. The fourth-order valence-corrected chi connectivity index (χ4v) is 4.19. The third kappa shape index (κ3) is 5.78. The van der Waals surface area contributed by atoms with E-state index in [0.29, 0.717) is 37.1 Å². The summed E-state index contributed by atoms with van der Waals surface area (Å²) in [5.41, 5.74) is 1.13. The van der Waals surface area contributed by atoms with Crippen LogP contribution in [0.3, 0.4) is 0 Å². The van der Waals surface area contributed by atoms with Gasteiger partial charge in [-0.25, -0.2) is 13.8 Å². The quantitative estimate of drug-likeness (QED) is 0.670. The predicted octanol–water partition coefficient (Wildman–Crippen LogP) is 4.03. The van der Waals surface area contributed by atoms with E-state index in [0.717, 1.165) is 30.0 Å². The first kappa shape index (κ1) is 22.2. The van der Waals surface area contributed by atoms with Crippen LogP contribution in [0, 0.1) is 17.6 Å². The van der Waals surface area contributed by atoms with Crippen LogP contribution in [-0.2, 0) is 11.3 Å². The number of carbonyl (C=O) groups is 2. The average molecular weight is 434 g/mol. The summed E-state index contributed by atoms with van der Waals surface area (Å²) in [7, 11) is 0. The zero-order chi connectivity index (χ0) is 21.5. The molecule has 2 heterocycles. The first-order valence-electron chi connectivity index (χ1n) is 9.97. The molecule has 1 aromatic heterocycles. The lowest BCUT2D eigenvalue weighted by Gasteiger charge is -2.33. The van der Waals surface area contributed by atoms with Crippen molar-refractivity contribution in [3.63, 3.8) is 0 Å². The highest BCUT2D eigenvalue weighted by Gasteiger charge is 2.26.